The molecular weight excluding hydrogens is 166 g/mol. The maximum Gasteiger partial charge on any atom is 0.104 e. The Hall–Kier alpha value is -0.800. The Bertz CT molecular complexity index is 245. The predicted molar refractivity (Wildman–Crippen MR) is 49.3 cm³/mol. The first-order valence-electron chi connectivity index (χ1n) is 4.72. The summed E-state index contributed by atoms with van der Waals surface area (Å²) >= 11 is 0. The molecule has 13 heavy (non-hydrogen) atoms. The summed E-state index contributed by atoms with van der Waals surface area (Å²) < 4.78 is 10.6. The molecule has 0 aromatic carbocycles. The molecule has 1 aliphatic heterocycles. The molecule has 0 bridgehead atoms. The fourth-order valence-electron chi connectivity index (χ4n) is 1.74. The summed E-state index contributed by atoms with van der Waals surface area (Å²) in [5.41, 5.74) is 5.93. The van der Waals surface area contributed by atoms with Gasteiger partial charge >= 0.3 is 0 Å². The highest BCUT2D eigenvalue weighted by Crippen LogP contribution is 2.19. The normalized spacial score (nSPS) is 29.0. The van der Waals surface area contributed by atoms with Gasteiger partial charge in [0.15, 0.2) is 0 Å². The van der Waals surface area contributed by atoms with E-state index in [0.29, 0.717) is 12.5 Å². The largest absolute Gasteiger partial charge is 0.469 e. The summed E-state index contributed by atoms with van der Waals surface area (Å²) in [5, 5.41) is 0. The molecule has 72 valence electrons. The van der Waals surface area contributed by atoms with E-state index in [2.05, 4.69) is 0 Å². The zero-order valence-electron chi connectivity index (χ0n) is 7.61. The van der Waals surface area contributed by atoms with Crippen molar-refractivity contribution >= 4 is 0 Å². The number of furan rings is 1. The Morgan fingerprint density at radius 2 is 2.46 bits per heavy atom. The van der Waals surface area contributed by atoms with Crippen LogP contribution in [0.5, 0.6) is 0 Å². The van der Waals surface area contributed by atoms with Crippen molar-refractivity contribution in [3.05, 3.63) is 24.2 Å². The number of ether oxygens (including phenoxy) is 1. The Kier molecular flexibility index (Phi) is 2.66. The lowest BCUT2D eigenvalue weighted by molar-refractivity contribution is 0.0478. The fourth-order valence-corrected chi connectivity index (χ4v) is 1.74. The topological polar surface area (TPSA) is 48.4 Å². The third kappa shape index (κ3) is 2.11. The number of hydrogen-bond donors (Lipinski definition) is 1. The van der Waals surface area contributed by atoms with Crippen LogP contribution >= 0.6 is 0 Å². The summed E-state index contributed by atoms with van der Waals surface area (Å²) in [4.78, 5) is 0. The molecule has 1 aromatic heterocycles. The third-order valence-electron chi connectivity index (χ3n) is 2.59. The zero-order valence-corrected chi connectivity index (χ0v) is 7.61. The van der Waals surface area contributed by atoms with Crippen molar-refractivity contribution in [3.8, 4) is 0 Å². The lowest BCUT2D eigenvalue weighted by Gasteiger charge is -2.27. The lowest BCUT2D eigenvalue weighted by atomic mass is 9.91. The molecule has 2 N–H and O–H groups in total. The summed E-state index contributed by atoms with van der Waals surface area (Å²) in [5.74, 6) is 1.54. The van der Waals surface area contributed by atoms with Crippen molar-refractivity contribution in [1.29, 1.82) is 0 Å². The molecule has 0 spiro atoms. The van der Waals surface area contributed by atoms with Crippen LogP contribution in [0.2, 0.25) is 0 Å². The van der Waals surface area contributed by atoms with Gasteiger partial charge in [-0.3, -0.25) is 0 Å². The Balaban J connectivity index is 1.93. The van der Waals surface area contributed by atoms with Gasteiger partial charge in [-0.2, -0.15) is 0 Å². The highest BCUT2D eigenvalue weighted by molar-refractivity contribution is 5.00. The number of nitrogens with two attached hydrogens (primary N) is 1. The molecule has 0 aliphatic carbocycles. The van der Waals surface area contributed by atoms with Crippen LogP contribution in [0.4, 0.5) is 0 Å². The van der Waals surface area contributed by atoms with Crippen LogP contribution in [-0.2, 0) is 11.2 Å². The minimum Gasteiger partial charge on any atom is -0.469 e. The zero-order chi connectivity index (χ0) is 9.10. The molecule has 1 fully saturated rings. The van der Waals surface area contributed by atoms with E-state index in [1.165, 1.54) is 0 Å². The molecule has 2 heterocycles. The summed E-state index contributed by atoms with van der Waals surface area (Å²) in [7, 11) is 0. The van der Waals surface area contributed by atoms with Crippen LogP contribution < -0.4 is 5.73 Å². The summed E-state index contributed by atoms with van der Waals surface area (Å²) in [6.07, 6.45) is 3.69. The van der Waals surface area contributed by atoms with Gasteiger partial charge in [-0.25, -0.2) is 0 Å². The lowest BCUT2D eigenvalue weighted by Crippen LogP contribution is -2.40. The molecule has 1 saturated heterocycles. The van der Waals surface area contributed by atoms with Gasteiger partial charge in [0.25, 0.3) is 0 Å². The minimum atomic E-state index is 0.166. The van der Waals surface area contributed by atoms with E-state index < -0.39 is 0 Å². The van der Waals surface area contributed by atoms with Gasteiger partial charge in [0.2, 0.25) is 0 Å². The van der Waals surface area contributed by atoms with Crippen molar-refractivity contribution < 1.29 is 9.15 Å². The molecule has 2 rings (SSSR count). The molecule has 2 atom stereocenters. The Morgan fingerprint density at radius 1 is 1.54 bits per heavy atom. The van der Waals surface area contributed by atoms with E-state index in [0.717, 1.165) is 25.2 Å². The van der Waals surface area contributed by atoms with Crippen LogP contribution in [0.1, 0.15) is 12.2 Å². The third-order valence-corrected chi connectivity index (χ3v) is 2.59. The second-order valence-corrected chi connectivity index (χ2v) is 3.57. The van der Waals surface area contributed by atoms with Gasteiger partial charge in [0, 0.05) is 19.1 Å². The smallest absolute Gasteiger partial charge is 0.104 e. The summed E-state index contributed by atoms with van der Waals surface area (Å²) in [6, 6.07) is 4.08. The molecule has 2 unspecified atom stereocenters. The molecule has 0 saturated carbocycles. The van der Waals surface area contributed by atoms with E-state index in [-0.39, 0.29) is 6.04 Å². The van der Waals surface area contributed by atoms with Crippen LogP contribution in [0.3, 0.4) is 0 Å². The SMILES string of the molecule is NC1COCCC1Cc1ccco1. The minimum absolute atomic E-state index is 0.166. The van der Waals surface area contributed by atoms with Gasteiger partial charge in [0.05, 0.1) is 12.9 Å². The van der Waals surface area contributed by atoms with Crippen LogP contribution in [0, 0.1) is 5.92 Å². The van der Waals surface area contributed by atoms with Crippen molar-refractivity contribution in [2.75, 3.05) is 13.2 Å². The molecule has 0 amide bonds. The predicted octanol–water partition coefficient (Wildman–Crippen LogP) is 1.19. The second-order valence-electron chi connectivity index (χ2n) is 3.57. The van der Waals surface area contributed by atoms with Crippen molar-refractivity contribution in [2.45, 2.75) is 18.9 Å². The van der Waals surface area contributed by atoms with Crippen molar-refractivity contribution in [3.63, 3.8) is 0 Å². The average Bonchev–Trinajstić information content (AvgIpc) is 2.61. The molecule has 1 aliphatic rings. The Labute approximate surface area is 77.9 Å². The molecule has 3 heteroatoms. The van der Waals surface area contributed by atoms with E-state index in [1.807, 2.05) is 12.1 Å². The number of hydrogen-bond acceptors (Lipinski definition) is 3. The second kappa shape index (κ2) is 3.94. The highest BCUT2D eigenvalue weighted by Gasteiger charge is 2.23. The molecule has 1 aromatic rings. The monoisotopic (exact) mass is 181 g/mol. The van der Waals surface area contributed by atoms with E-state index in [9.17, 15) is 0 Å². The van der Waals surface area contributed by atoms with Gasteiger partial charge in [-0.05, 0) is 24.5 Å². The quantitative estimate of drug-likeness (QED) is 0.745. The van der Waals surface area contributed by atoms with Gasteiger partial charge in [-0.1, -0.05) is 0 Å². The van der Waals surface area contributed by atoms with Gasteiger partial charge in [0.1, 0.15) is 5.76 Å². The van der Waals surface area contributed by atoms with Crippen molar-refractivity contribution in [2.24, 2.45) is 11.7 Å². The first-order chi connectivity index (χ1) is 6.36. The molecule has 0 radical (unpaired) electrons. The number of rotatable bonds is 2. The van der Waals surface area contributed by atoms with E-state index in [1.54, 1.807) is 6.26 Å². The maximum absolute atomic E-state index is 5.93. The molecule has 3 nitrogen and oxygen atoms in total. The van der Waals surface area contributed by atoms with Crippen LogP contribution in [-0.4, -0.2) is 19.3 Å². The fraction of sp³-hybridized carbons (Fsp3) is 0.600. The first kappa shape index (κ1) is 8.78. The van der Waals surface area contributed by atoms with Gasteiger partial charge < -0.3 is 14.9 Å². The van der Waals surface area contributed by atoms with Crippen LogP contribution in [0.15, 0.2) is 22.8 Å². The van der Waals surface area contributed by atoms with Gasteiger partial charge in [-0.15, -0.1) is 0 Å². The standard InChI is InChI=1S/C10H15NO2/c11-10-7-12-5-3-8(10)6-9-2-1-4-13-9/h1-2,4,8,10H,3,5-7,11H2. The van der Waals surface area contributed by atoms with E-state index in [4.69, 9.17) is 14.9 Å². The molecular formula is C10H15NO2. The highest BCUT2D eigenvalue weighted by atomic mass is 16.5. The summed E-state index contributed by atoms with van der Waals surface area (Å²) in [6.45, 7) is 1.52. The Morgan fingerprint density at radius 3 is 3.15 bits per heavy atom. The first-order valence-corrected chi connectivity index (χ1v) is 4.72. The van der Waals surface area contributed by atoms with E-state index >= 15 is 0 Å². The van der Waals surface area contributed by atoms with Crippen molar-refractivity contribution in [1.82, 2.24) is 0 Å². The van der Waals surface area contributed by atoms with Crippen LogP contribution in [0.25, 0.3) is 0 Å². The maximum atomic E-state index is 5.93. The average molecular weight is 181 g/mol.